The number of amides is 2. The van der Waals surface area contributed by atoms with E-state index in [1.165, 1.54) is 29.2 Å². The molecule has 3 aromatic rings. The van der Waals surface area contributed by atoms with Crippen LogP contribution in [0.2, 0.25) is 0 Å². The van der Waals surface area contributed by atoms with Crippen molar-refractivity contribution < 1.29 is 4.79 Å². The lowest BCUT2D eigenvalue weighted by Gasteiger charge is -2.08. The quantitative estimate of drug-likeness (QED) is 0.674. The van der Waals surface area contributed by atoms with Crippen molar-refractivity contribution in [3.05, 3.63) is 60.9 Å². The molecule has 0 aliphatic carbocycles. The molecule has 24 heavy (non-hydrogen) atoms. The van der Waals surface area contributed by atoms with Gasteiger partial charge >= 0.3 is 6.03 Å². The van der Waals surface area contributed by atoms with Crippen LogP contribution in [0.25, 0.3) is 5.82 Å². The highest BCUT2D eigenvalue weighted by molar-refractivity contribution is 5.88. The SMILES string of the molecule is O=C(NCCCc1ccccc1)Nc1cc(-n2cncn2)ncn1. The van der Waals surface area contributed by atoms with Crippen LogP contribution < -0.4 is 10.6 Å². The highest BCUT2D eigenvalue weighted by atomic mass is 16.2. The lowest BCUT2D eigenvalue weighted by Crippen LogP contribution is -2.30. The van der Waals surface area contributed by atoms with E-state index in [1.54, 1.807) is 6.07 Å². The van der Waals surface area contributed by atoms with Gasteiger partial charge in [0.05, 0.1) is 0 Å². The Balaban J connectivity index is 1.46. The third kappa shape index (κ3) is 4.35. The van der Waals surface area contributed by atoms with E-state index in [2.05, 4.69) is 42.8 Å². The molecule has 0 spiro atoms. The van der Waals surface area contributed by atoms with Crippen LogP contribution in [0.3, 0.4) is 0 Å². The van der Waals surface area contributed by atoms with Crippen LogP contribution in [0.4, 0.5) is 10.6 Å². The van der Waals surface area contributed by atoms with E-state index >= 15 is 0 Å². The summed E-state index contributed by atoms with van der Waals surface area (Å²) in [6, 6.07) is 11.5. The van der Waals surface area contributed by atoms with Crippen molar-refractivity contribution in [1.29, 1.82) is 0 Å². The van der Waals surface area contributed by atoms with Gasteiger partial charge in [-0.05, 0) is 18.4 Å². The van der Waals surface area contributed by atoms with E-state index < -0.39 is 0 Å². The van der Waals surface area contributed by atoms with Crippen molar-refractivity contribution in [1.82, 2.24) is 30.0 Å². The van der Waals surface area contributed by atoms with Crippen molar-refractivity contribution in [3.8, 4) is 5.82 Å². The van der Waals surface area contributed by atoms with E-state index in [4.69, 9.17) is 0 Å². The van der Waals surface area contributed by atoms with Crippen molar-refractivity contribution in [2.75, 3.05) is 11.9 Å². The average Bonchev–Trinajstić information content (AvgIpc) is 3.15. The molecule has 2 aromatic heterocycles. The van der Waals surface area contributed by atoms with Crippen LogP contribution in [0, 0.1) is 0 Å². The van der Waals surface area contributed by atoms with Gasteiger partial charge in [0.2, 0.25) is 0 Å². The zero-order chi connectivity index (χ0) is 16.6. The van der Waals surface area contributed by atoms with Gasteiger partial charge in [0.15, 0.2) is 5.82 Å². The third-order valence-corrected chi connectivity index (χ3v) is 3.32. The number of aromatic nitrogens is 5. The molecule has 8 nitrogen and oxygen atoms in total. The highest BCUT2D eigenvalue weighted by Gasteiger charge is 2.05. The summed E-state index contributed by atoms with van der Waals surface area (Å²) in [5, 5.41) is 9.47. The molecule has 1 aromatic carbocycles. The summed E-state index contributed by atoms with van der Waals surface area (Å²) in [7, 11) is 0. The molecule has 2 N–H and O–H groups in total. The van der Waals surface area contributed by atoms with E-state index in [0.717, 1.165) is 12.8 Å². The Hall–Kier alpha value is -3.29. The lowest BCUT2D eigenvalue weighted by atomic mass is 10.1. The molecule has 0 saturated heterocycles. The fraction of sp³-hybridized carbons (Fsp3) is 0.188. The zero-order valence-corrected chi connectivity index (χ0v) is 13.0. The number of urea groups is 1. The number of carbonyl (C=O) groups excluding carboxylic acids is 1. The molecule has 2 amide bonds. The Morgan fingerprint density at radius 2 is 2.00 bits per heavy atom. The van der Waals surface area contributed by atoms with Gasteiger partial charge in [-0.15, -0.1) is 0 Å². The predicted molar refractivity (Wildman–Crippen MR) is 88.7 cm³/mol. The van der Waals surface area contributed by atoms with Crippen LogP contribution in [0.1, 0.15) is 12.0 Å². The number of carbonyl (C=O) groups is 1. The van der Waals surface area contributed by atoms with Crippen LogP contribution in [-0.4, -0.2) is 37.3 Å². The second kappa shape index (κ2) is 7.82. The molecule has 0 atom stereocenters. The highest BCUT2D eigenvalue weighted by Crippen LogP contribution is 2.07. The Morgan fingerprint density at radius 1 is 1.12 bits per heavy atom. The molecule has 0 radical (unpaired) electrons. The van der Waals surface area contributed by atoms with E-state index in [1.807, 2.05) is 18.2 Å². The Labute approximate surface area is 139 Å². The van der Waals surface area contributed by atoms with E-state index in [-0.39, 0.29) is 6.03 Å². The molecule has 3 rings (SSSR count). The van der Waals surface area contributed by atoms with Crippen molar-refractivity contribution in [2.24, 2.45) is 0 Å². The normalized spacial score (nSPS) is 10.3. The maximum absolute atomic E-state index is 11.9. The van der Waals surface area contributed by atoms with Gasteiger partial charge < -0.3 is 5.32 Å². The second-order valence-electron chi connectivity index (χ2n) is 5.07. The smallest absolute Gasteiger partial charge is 0.320 e. The molecular weight excluding hydrogens is 306 g/mol. The Morgan fingerprint density at radius 3 is 2.79 bits per heavy atom. The average molecular weight is 323 g/mol. The third-order valence-electron chi connectivity index (χ3n) is 3.32. The number of benzene rings is 1. The van der Waals surface area contributed by atoms with Crippen molar-refractivity contribution in [3.63, 3.8) is 0 Å². The minimum absolute atomic E-state index is 0.300. The summed E-state index contributed by atoms with van der Waals surface area (Å²) in [5.41, 5.74) is 1.26. The van der Waals surface area contributed by atoms with Crippen LogP contribution in [-0.2, 0) is 6.42 Å². The zero-order valence-electron chi connectivity index (χ0n) is 13.0. The van der Waals surface area contributed by atoms with E-state index in [0.29, 0.717) is 18.2 Å². The molecule has 0 unspecified atom stereocenters. The predicted octanol–water partition coefficient (Wildman–Crippen LogP) is 1.81. The van der Waals surface area contributed by atoms with Gasteiger partial charge in [-0.25, -0.2) is 24.4 Å². The lowest BCUT2D eigenvalue weighted by molar-refractivity contribution is 0.252. The molecule has 0 aliphatic rings. The summed E-state index contributed by atoms with van der Waals surface area (Å²) >= 11 is 0. The Kier molecular flexibility index (Phi) is 5.08. The fourth-order valence-electron chi connectivity index (χ4n) is 2.17. The molecular formula is C16H17N7O. The molecule has 0 fully saturated rings. The number of anilines is 1. The summed E-state index contributed by atoms with van der Waals surface area (Å²) < 4.78 is 1.49. The number of nitrogens with zero attached hydrogens (tertiary/aromatic N) is 5. The maximum Gasteiger partial charge on any atom is 0.320 e. The van der Waals surface area contributed by atoms with Crippen LogP contribution >= 0.6 is 0 Å². The molecule has 0 bridgehead atoms. The standard InChI is InChI=1S/C16H17N7O/c24-16(18-8-4-7-13-5-2-1-3-6-13)22-14-9-15(20-11-19-14)23-12-17-10-21-23/h1-3,5-6,9-12H,4,7-8H2,(H2,18,19,20,22,24). The summed E-state index contributed by atoms with van der Waals surface area (Å²) in [5.74, 6) is 0.929. The van der Waals surface area contributed by atoms with Gasteiger partial charge in [0.25, 0.3) is 0 Å². The topological polar surface area (TPSA) is 97.6 Å². The minimum atomic E-state index is -0.300. The largest absolute Gasteiger partial charge is 0.338 e. The second-order valence-corrected chi connectivity index (χ2v) is 5.07. The maximum atomic E-state index is 11.9. The van der Waals surface area contributed by atoms with Gasteiger partial charge in [-0.3, -0.25) is 5.32 Å². The summed E-state index contributed by atoms with van der Waals surface area (Å²) in [6.45, 7) is 0.585. The monoisotopic (exact) mass is 323 g/mol. The number of aryl methyl sites for hydroxylation is 1. The van der Waals surface area contributed by atoms with Crippen molar-refractivity contribution >= 4 is 11.8 Å². The van der Waals surface area contributed by atoms with Crippen LogP contribution in [0.5, 0.6) is 0 Å². The molecule has 0 saturated carbocycles. The van der Waals surface area contributed by atoms with Crippen LogP contribution in [0.15, 0.2) is 55.4 Å². The fourth-order valence-corrected chi connectivity index (χ4v) is 2.17. The first-order valence-corrected chi connectivity index (χ1v) is 7.57. The van der Waals surface area contributed by atoms with E-state index in [9.17, 15) is 4.79 Å². The van der Waals surface area contributed by atoms with Gasteiger partial charge in [-0.2, -0.15) is 5.10 Å². The van der Waals surface area contributed by atoms with Gasteiger partial charge in [-0.1, -0.05) is 30.3 Å². The molecule has 8 heteroatoms. The molecule has 0 aliphatic heterocycles. The molecule has 122 valence electrons. The van der Waals surface area contributed by atoms with Gasteiger partial charge in [0, 0.05) is 12.6 Å². The van der Waals surface area contributed by atoms with Crippen molar-refractivity contribution in [2.45, 2.75) is 12.8 Å². The first kappa shape index (κ1) is 15.6. The number of nitrogens with one attached hydrogen (secondary N) is 2. The first-order valence-electron chi connectivity index (χ1n) is 7.57. The Bertz CT molecular complexity index is 774. The van der Waals surface area contributed by atoms with Gasteiger partial charge in [0.1, 0.15) is 24.8 Å². The molecule has 2 heterocycles. The minimum Gasteiger partial charge on any atom is -0.338 e. The number of rotatable bonds is 6. The first-order chi connectivity index (χ1) is 11.8. The summed E-state index contributed by atoms with van der Waals surface area (Å²) in [6.07, 6.45) is 6.09. The number of hydrogen-bond acceptors (Lipinski definition) is 5. The number of hydrogen-bond donors (Lipinski definition) is 2. The summed E-state index contributed by atoms with van der Waals surface area (Å²) in [4.78, 5) is 23.9.